The smallest absolute Gasteiger partial charge is 0.225 e. The number of carbonyl (C=O) groups is 1. The first kappa shape index (κ1) is 11.8. The lowest BCUT2D eigenvalue weighted by molar-refractivity contribution is -0.134. The van der Waals surface area contributed by atoms with Gasteiger partial charge in [0.05, 0.1) is 0 Å². The number of amides is 1. The van der Waals surface area contributed by atoms with Crippen molar-refractivity contribution >= 4 is 17.5 Å². The normalized spacial score (nSPS) is 19.0. The van der Waals surface area contributed by atoms with Crippen LogP contribution < -0.4 is 0 Å². The zero-order valence-electron chi connectivity index (χ0n) is 8.97. The van der Waals surface area contributed by atoms with Gasteiger partial charge in [-0.05, 0) is 12.8 Å². The summed E-state index contributed by atoms with van der Waals surface area (Å²) < 4.78 is 0. The van der Waals surface area contributed by atoms with Gasteiger partial charge in [-0.25, -0.2) is 0 Å². The maximum atomic E-state index is 11.9. The monoisotopic (exact) mass is 217 g/mol. The van der Waals surface area contributed by atoms with Crippen molar-refractivity contribution in [3.05, 3.63) is 0 Å². The lowest BCUT2D eigenvalue weighted by Gasteiger charge is -2.21. The van der Waals surface area contributed by atoms with Crippen LogP contribution in [-0.4, -0.2) is 30.3 Å². The molecule has 1 rings (SSSR count). The highest BCUT2D eigenvalue weighted by atomic mass is 35.5. The maximum Gasteiger partial charge on any atom is 0.225 e. The molecule has 0 saturated heterocycles. The van der Waals surface area contributed by atoms with Gasteiger partial charge in [0.15, 0.2) is 0 Å². The van der Waals surface area contributed by atoms with Gasteiger partial charge < -0.3 is 4.90 Å². The Morgan fingerprint density at radius 2 is 1.86 bits per heavy atom. The summed E-state index contributed by atoms with van der Waals surface area (Å²) in [6.45, 7) is 0.677. The molecule has 0 radical (unpaired) electrons. The molecule has 0 bridgehead atoms. The summed E-state index contributed by atoms with van der Waals surface area (Å²) in [5.41, 5.74) is 0. The van der Waals surface area contributed by atoms with E-state index in [9.17, 15) is 4.79 Å². The van der Waals surface area contributed by atoms with Crippen molar-refractivity contribution in [3.63, 3.8) is 0 Å². The molecule has 14 heavy (non-hydrogen) atoms. The summed E-state index contributed by atoms with van der Waals surface area (Å²) in [4.78, 5) is 13.7. The zero-order valence-corrected chi connectivity index (χ0v) is 9.72. The van der Waals surface area contributed by atoms with Crippen molar-refractivity contribution in [1.82, 2.24) is 4.90 Å². The molecule has 1 amide bonds. The van der Waals surface area contributed by atoms with Gasteiger partial charge in [-0.1, -0.05) is 25.7 Å². The predicted octanol–water partition coefficient (Wildman–Crippen LogP) is 2.65. The van der Waals surface area contributed by atoms with Crippen molar-refractivity contribution in [2.45, 2.75) is 38.5 Å². The van der Waals surface area contributed by atoms with Gasteiger partial charge in [0.2, 0.25) is 5.91 Å². The molecule has 1 saturated carbocycles. The molecule has 0 atom stereocenters. The van der Waals surface area contributed by atoms with Crippen molar-refractivity contribution in [2.24, 2.45) is 5.92 Å². The average Bonchev–Trinajstić information content (AvgIpc) is 2.45. The second-order valence-electron chi connectivity index (χ2n) is 4.14. The van der Waals surface area contributed by atoms with E-state index in [4.69, 9.17) is 11.6 Å². The Bertz CT molecular complexity index is 176. The standard InChI is InChI=1S/C11H20ClNO/c1-13(9-8-12)11(14)10-6-4-2-3-5-7-10/h10H,2-9H2,1H3. The minimum Gasteiger partial charge on any atom is -0.344 e. The lowest BCUT2D eigenvalue weighted by Crippen LogP contribution is -2.34. The molecule has 1 fully saturated rings. The van der Waals surface area contributed by atoms with Gasteiger partial charge >= 0.3 is 0 Å². The van der Waals surface area contributed by atoms with Crippen LogP contribution in [0.25, 0.3) is 0 Å². The first-order valence-corrected chi connectivity index (χ1v) is 6.10. The molecule has 0 aromatic rings. The van der Waals surface area contributed by atoms with Crippen LogP contribution in [0.2, 0.25) is 0 Å². The first-order valence-electron chi connectivity index (χ1n) is 5.56. The highest BCUT2D eigenvalue weighted by Gasteiger charge is 2.22. The van der Waals surface area contributed by atoms with Crippen molar-refractivity contribution in [1.29, 1.82) is 0 Å². The Balaban J connectivity index is 2.40. The number of halogens is 1. The first-order chi connectivity index (χ1) is 6.75. The van der Waals surface area contributed by atoms with Crippen LogP contribution in [0.3, 0.4) is 0 Å². The Labute approximate surface area is 91.6 Å². The summed E-state index contributed by atoms with van der Waals surface area (Å²) in [6, 6.07) is 0. The molecular weight excluding hydrogens is 198 g/mol. The highest BCUT2D eigenvalue weighted by Crippen LogP contribution is 2.24. The molecule has 1 aliphatic carbocycles. The van der Waals surface area contributed by atoms with Gasteiger partial charge in [0.25, 0.3) is 0 Å². The molecule has 0 spiro atoms. The number of nitrogens with zero attached hydrogens (tertiary/aromatic N) is 1. The average molecular weight is 218 g/mol. The maximum absolute atomic E-state index is 11.9. The van der Waals surface area contributed by atoms with Crippen LogP contribution >= 0.6 is 11.6 Å². The third-order valence-corrected chi connectivity index (χ3v) is 3.17. The molecule has 0 aliphatic heterocycles. The lowest BCUT2D eigenvalue weighted by atomic mass is 9.99. The number of rotatable bonds is 3. The summed E-state index contributed by atoms with van der Waals surface area (Å²) in [6.07, 6.45) is 7.17. The van der Waals surface area contributed by atoms with Crippen LogP contribution in [0, 0.1) is 5.92 Å². The second kappa shape index (κ2) is 6.28. The van der Waals surface area contributed by atoms with E-state index >= 15 is 0 Å². The summed E-state index contributed by atoms with van der Waals surface area (Å²) >= 11 is 5.62. The van der Waals surface area contributed by atoms with E-state index in [1.165, 1.54) is 25.7 Å². The van der Waals surface area contributed by atoms with Crippen molar-refractivity contribution in [2.75, 3.05) is 19.5 Å². The van der Waals surface area contributed by atoms with E-state index in [1.807, 2.05) is 7.05 Å². The molecule has 3 heteroatoms. The molecular formula is C11H20ClNO. The third kappa shape index (κ3) is 3.49. The minimum absolute atomic E-state index is 0.269. The number of carbonyl (C=O) groups excluding carboxylic acids is 1. The largest absolute Gasteiger partial charge is 0.344 e. The Morgan fingerprint density at radius 3 is 2.36 bits per heavy atom. The molecule has 0 unspecified atom stereocenters. The van der Waals surface area contributed by atoms with E-state index in [0.717, 1.165) is 12.8 Å². The van der Waals surface area contributed by atoms with Crippen LogP contribution in [-0.2, 0) is 4.79 Å². The molecule has 0 aromatic heterocycles. The number of hydrogen-bond donors (Lipinski definition) is 0. The van der Waals surface area contributed by atoms with E-state index < -0.39 is 0 Å². The quantitative estimate of drug-likeness (QED) is 0.526. The zero-order chi connectivity index (χ0) is 10.4. The van der Waals surface area contributed by atoms with Crippen molar-refractivity contribution in [3.8, 4) is 0 Å². The fraction of sp³-hybridized carbons (Fsp3) is 0.909. The van der Waals surface area contributed by atoms with Crippen LogP contribution in [0.5, 0.6) is 0 Å². The number of alkyl halides is 1. The molecule has 82 valence electrons. The van der Waals surface area contributed by atoms with E-state index in [1.54, 1.807) is 4.90 Å². The van der Waals surface area contributed by atoms with E-state index in [-0.39, 0.29) is 5.92 Å². The molecule has 0 N–H and O–H groups in total. The van der Waals surface area contributed by atoms with Gasteiger partial charge in [-0.15, -0.1) is 11.6 Å². The minimum atomic E-state index is 0.269. The Hall–Kier alpha value is -0.240. The molecule has 1 aliphatic rings. The van der Waals surface area contributed by atoms with Gasteiger partial charge in [0.1, 0.15) is 0 Å². The highest BCUT2D eigenvalue weighted by molar-refractivity contribution is 6.18. The Morgan fingerprint density at radius 1 is 1.29 bits per heavy atom. The Kier molecular flexibility index (Phi) is 5.31. The topological polar surface area (TPSA) is 20.3 Å². The summed E-state index contributed by atoms with van der Waals surface area (Å²) in [7, 11) is 1.86. The predicted molar refractivity (Wildman–Crippen MR) is 59.5 cm³/mol. The van der Waals surface area contributed by atoms with Crippen molar-refractivity contribution < 1.29 is 4.79 Å². The van der Waals surface area contributed by atoms with E-state index in [0.29, 0.717) is 18.3 Å². The van der Waals surface area contributed by atoms with Gasteiger partial charge in [0, 0.05) is 25.4 Å². The second-order valence-corrected chi connectivity index (χ2v) is 4.52. The van der Waals surface area contributed by atoms with Crippen LogP contribution in [0.15, 0.2) is 0 Å². The van der Waals surface area contributed by atoms with Crippen LogP contribution in [0.1, 0.15) is 38.5 Å². The third-order valence-electron chi connectivity index (χ3n) is 3.00. The fourth-order valence-corrected chi connectivity index (χ4v) is 2.33. The summed E-state index contributed by atoms with van der Waals surface area (Å²) in [5.74, 6) is 1.10. The number of hydrogen-bond acceptors (Lipinski definition) is 1. The molecule has 0 heterocycles. The fourth-order valence-electron chi connectivity index (χ4n) is 2.07. The molecule has 0 aromatic carbocycles. The van der Waals surface area contributed by atoms with E-state index in [2.05, 4.69) is 0 Å². The molecule has 2 nitrogen and oxygen atoms in total. The van der Waals surface area contributed by atoms with Gasteiger partial charge in [-0.2, -0.15) is 0 Å². The van der Waals surface area contributed by atoms with Crippen LogP contribution in [0.4, 0.5) is 0 Å². The SMILES string of the molecule is CN(CCCl)C(=O)C1CCCCCC1. The summed E-state index contributed by atoms with van der Waals surface area (Å²) in [5, 5.41) is 0. The van der Waals surface area contributed by atoms with Gasteiger partial charge in [-0.3, -0.25) is 4.79 Å².